The molecule has 0 amide bonds. The van der Waals surface area contributed by atoms with Crippen LogP contribution in [-0.4, -0.2) is 0 Å². The van der Waals surface area contributed by atoms with Crippen molar-refractivity contribution in [1.82, 2.24) is 0 Å². The van der Waals surface area contributed by atoms with Crippen molar-refractivity contribution in [1.29, 1.82) is 5.26 Å². The first-order chi connectivity index (χ1) is 11.2. The zero-order chi connectivity index (χ0) is 16.0. The highest BCUT2D eigenvalue weighted by molar-refractivity contribution is 6.10. The van der Waals surface area contributed by atoms with Crippen LogP contribution in [0.25, 0.3) is 33.1 Å². The molecule has 110 valence electrons. The molecule has 23 heavy (non-hydrogen) atoms. The smallest absolute Gasteiger partial charge is 0.180 e. The third kappa shape index (κ3) is 1.91. The molecule has 4 heteroatoms. The molecule has 0 aliphatic rings. The standard InChI is InChI=1S/C19H9F2NO/c20-16-9-14-13-8-4-7-12(11-5-2-1-3-6-11)18(13)23-19(14)15(10-22)17(16)21/h1-9H. The van der Waals surface area contributed by atoms with E-state index in [1.807, 2.05) is 42.5 Å². The molecular formula is C19H9F2NO. The second kappa shape index (κ2) is 4.92. The summed E-state index contributed by atoms with van der Waals surface area (Å²) in [7, 11) is 0. The molecule has 0 N–H and O–H groups in total. The highest BCUT2D eigenvalue weighted by atomic mass is 19.2. The lowest BCUT2D eigenvalue weighted by Gasteiger charge is -2.01. The summed E-state index contributed by atoms with van der Waals surface area (Å²) in [5, 5.41) is 10.2. The minimum Gasteiger partial charge on any atom is -0.454 e. The molecule has 4 rings (SSSR count). The van der Waals surface area contributed by atoms with Crippen molar-refractivity contribution in [3.05, 3.63) is 71.8 Å². The lowest BCUT2D eigenvalue weighted by molar-refractivity contribution is 0.506. The van der Waals surface area contributed by atoms with Gasteiger partial charge in [0.25, 0.3) is 0 Å². The molecule has 0 fully saturated rings. The van der Waals surface area contributed by atoms with E-state index in [1.165, 1.54) is 0 Å². The van der Waals surface area contributed by atoms with Gasteiger partial charge in [0.05, 0.1) is 0 Å². The van der Waals surface area contributed by atoms with Crippen molar-refractivity contribution < 1.29 is 13.2 Å². The molecule has 0 aliphatic heterocycles. The van der Waals surface area contributed by atoms with Gasteiger partial charge >= 0.3 is 0 Å². The summed E-state index contributed by atoms with van der Waals surface area (Å²) >= 11 is 0. The van der Waals surface area contributed by atoms with Crippen LogP contribution in [0.4, 0.5) is 8.78 Å². The van der Waals surface area contributed by atoms with Gasteiger partial charge < -0.3 is 4.42 Å². The first-order valence-electron chi connectivity index (χ1n) is 6.99. The first-order valence-corrected chi connectivity index (χ1v) is 6.99. The average Bonchev–Trinajstić information content (AvgIpc) is 2.95. The number of benzene rings is 3. The lowest BCUT2D eigenvalue weighted by Crippen LogP contribution is -1.89. The Morgan fingerprint density at radius 3 is 2.39 bits per heavy atom. The molecule has 1 aromatic heterocycles. The number of fused-ring (bicyclic) bond motifs is 3. The zero-order valence-corrected chi connectivity index (χ0v) is 11.8. The van der Waals surface area contributed by atoms with E-state index < -0.39 is 17.2 Å². The van der Waals surface area contributed by atoms with Gasteiger partial charge in [-0.05, 0) is 11.6 Å². The van der Waals surface area contributed by atoms with Gasteiger partial charge in [-0.2, -0.15) is 5.26 Å². The lowest BCUT2D eigenvalue weighted by atomic mass is 10.0. The zero-order valence-electron chi connectivity index (χ0n) is 11.8. The number of nitrogens with zero attached hydrogens (tertiary/aromatic N) is 1. The van der Waals surface area contributed by atoms with Crippen molar-refractivity contribution in [2.75, 3.05) is 0 Å². The third-order valence-corrected chi connectivity index (χ3v) is 3.88. The van der Waals surface area contributed by atoms with Crippen LogP contribution < -0.4 is 0 Å². The van der Waals surface area contributed by atoms with Crippen LogP contribution in [0.15, 0.2) is 59.0 Å². The fraction of sp³-hybridized carbons (Fsp3) is 0. The third-order valence-electron chi connectivity index (χ3n) is 3.88. The summed E-state index contributed by atoms with van der Waals surface area (Å²) in [6.07, 6.45) is 0. The van der Waals surface area contributed by atoms with Crippen LogP contribution in [0.5, 0.6) is 0 Å². The summed E-state index contributed by atoms with van der Waals surface area (Å²) in [5.41, 5.74) is 1.91. The molecule has 2 nitrogen and oxygen atoms in total. The van der Waals surface area contributed by atoms with E-state index in [9.17, 15) is 8.78 Å². The largest absolute Gasteiger partial charge is 0.454 e. The van der Waals surface area contributed by atoms with Crippen LogP contribution in [-0.2, 0) is 0 Å². The molecule has 0 spiro atoms. The molecule has 0 saturated heterocycles. The molecule has 0 radical (unpaired) electrons. The van der Waals surface area contributed by atoms with Crippen LogP contribution >= 0.6 is 0 Å². The molecule has 0 unspecified atom stereocenters. The maximum Gasteiger partial charge on any atom is 0.180 e. The van der Waals surface area contributed by atoms with E-state index in [-0.39, 0.29) is 5.58 Å². The van der Waals surface area contributed by atoms with Gasteiger partial charge in [-0.15, -0.1) is 0 Å². The highest BCUT2D eigenvalue weighted by Gasteiger charge is 2.20. The summed E-state index contributed by atoms with van der Waals surface area (Å²) in [5.74, 6) is -2.23. The number of para-hydroxylation sites is 1. The van der Waals surface area contributed by atoms with Crippen LogP contribution in [0.1, 0.15) is 5.56 Å². The predicted molar refractivity (Wildman–Crippen MR) is 83.8 cm³/mol. The van der Waals surface area contributed by atoms with E-state index in [0.29, 0.717) is 16.4 Å². The second-order valence-corrected chi connectivity index (χ2v) is 5.19. The number of rotatable bonds is 1. The molecule has 0 atom stereocenters. The number of hydrogen-bond acceptors (Lipinski definition) is 2. The molecule has 3 aromatic carbocycles. The number of nitriles is 1. The predicted octanol–water partition coefficient (Wildman–Crippen LogP) is 5.40. The Kier molecular flexibility index (Phi) is 2.88. The number of furan rings is 1. The quantitative estimate of drug-likeness (QED) is 0.472. The van der Waals surface area contributed by atoms with Crippen molar-refractivity contribution in [3.63, 3.8) is 0 Å². The maximum absolute atomic E-state index is 13.8. The van der Waals surface area contributed by atoms with Crippen molar-refractivity contribution >= 4 is 21.9 Å². The first kappa shape index (κ1) is 13.5. The fourth-order valence-electron chi connectivity index (χ4n) is 2.82. The van der Waals surface area contributed by atoms with E-state index in [2.05, 4.69) is 0 Å². The summed E-state index contributed by atoms with van der Waals surface area (Å²) < 4.78 is 33.4. The second-order valence-electron chi connectivity index (χ2n) is 5.19. The normalized spacial score (nSPS) is 11.0. The maximum atomic E-state index is 13.8. The monoisotopic (exact) mass is 305 g/mol. The van der Waals surface area contributed by atoms with E-state index >= 15 is 0 Å². The van der Waals surface area contributed by atoms with Crippen molar-refractivity contribution in [3.8, 4) is 17.2 Å². The highest BCUT2D eigenvalue weighted by Crippen LogP contribution is 2.38. The van der Waals surface area contributed by atoms with Gasteiger partial charge in [-0.1, -0.05) is 48.5 Å². The Hall–Kier alpha value is -3.19. The van der Waals surface area contributed by atoms with Gasteiger partial charge in [-0.3, -0.25) is 0 Å². The molecule has 4 aromatic rings. The number of halogens is 2. The Morgan fingerprint density at radius 2 is 1.65 bits per heavy atom. The summed E-state index contributed by atoms with van der Waals surface area (Å²) in [6.45, 7) is 0. The SMILES string of the molecule is N#Cc1c(F)c(F)cc2c1oc1c(-c3ccccc3)cccc12. The van der Waals surface area contributed by atoms with E-state index in [1.54, 1.807) is 12.1 Å². The van der Waals surface area contributed by atoms with Crippen LogP contribution in [0.2, 0.25) is 0 Å². The van der Waals surface area contributed by atoms with Gasteiger partial charge in [-0.25, -0.2) is 8.78 Å². The van der Waals surface area contributed by atoms with Crippen LogP contribution in [0, 0.1) is 23.0 Å². The summed E-state index contributed by atoms with van der Waals surface area (Å²) in [6, 6.07) is 17.8. The van der Waals surface area contributed by atoms with E-state index in [4.69, 9.17) is 9.68 Å². The Bertz CT molecular complexity index is 1090. The molecule has 1 heterocycles. The van der Waals surface area contributed by atoms with Crippen molar-refractivity contribution in [2.24, 2.45) is 0 Å². The van der Waals surface area contributed by atoms with E-state index in [0.717, 1.165) is 17.2 Å². The van der Waals surface area contributed by atoms with Gasteiger partial charge in [0, 0.05) is 16.3 Å². The molecule has 0 aliphatic carbocycles. The molecular weight excluding hydrogens is 296 g/mol. The average molecular weight is 305 g/mol. The minimum atomic E-state index is -1.18. The van der Waals surface area contributed by atoms with Gasteiger partial charge in [0.1, 0.15) is 17.2 Å². The minimum absolute atomic E-state index is 0.0739. The number of hydrogen-bond donors (Lipinski definition) is 0. The topological polar surface area (TPSA) is 36.9 Å². The molecule has 0 bridgehead atoms. The van der Waals surface area contributed by atoms with Crippen LogP contribution in [0.3, 0.4) is 0 Å². The fourth-order valence-corrected chi connectivity index (χ4v) is 2.82. The van der Waals surface area contributed by atoms with Gasteiger partial charge in [0.2, 0.25) is 0 Å². The molecule has 0 saturated carbocycles. The summed E-state index contributed by atoms with van der Waals surface area (Å²) in [4.78, 5) is 0. The Labute approximate surface area is 130 Å². The Balaban J connectivity index is 2.17. The van der Waals surface area contributed by atoms with Crippen molar-refractivity contribution in [2.45, 2.75) is 0 Å². The Morgan fingerprint density at radius 1 is 0.870 bits per heavy atom. The van der Waals surface area contributed by atoms with Gasteiger partial charge in [0.15, 0.2) is 17.2 Å².